The minimum absolute atomic E-state index is 0.157. The van der Waals surface area contributed by atoms with Gasteiger partial charge in [-0.2, -0.15) is 0 Å². The third-order valence-corrected chi connectivity index (χ3v) is 9.45. The summed E-state index contributed by atoms with van der Waals surface area (Å²) in [6, 6.07) is 32.9. The van der Waals surface area contributed by atoms with Gasteiger partial charge in [0, 0.05) is 13.0 Å². The molecule has 0 radical (unpaired) electrons. The Morgan fingerprint density at radius 1 is 0.675 bits per heavy atom. The van der Waals surface area contributed by atoms with Gasteiger partial charge in [0.25, 0.3) is 0 Å². The van der Waals surface area contributed by atoms with Gasteiger partial charge < -0.3 is 19.7 Å². The van der Waals surface area contributed by atoms with E-state index in [0.717, 1.165) is 18.6 Å². The van der Waals surface area contributed by atoms with Crippen LogP contribution in [-0.4, -0.2) is 47.7 Å². The standard InChI is InChI=1S/C35H46O4S/c36-28-33-32(37)27-34(39-33)38-25-17-6-4-2-1-3-5-7-18-26-40-35(29-19-11-8-12-20-29,30-21-13-9-14-22-30)31-23-15-10-16-24-31/h8-16,19-24,32-34,36-37H,1-7,17-18,25-28H2/t32-,33+,34?/m0/s1. The average Bonchev–Trinajstić information content (AvgIpc) is 3.38. The van der Waals surface area contributed by atoms with Crippen LogP contribution < -0.4 is 0 Å². The largest absolute Gasteiger partial charge is 0.394 e. The molecule has 0 spiro atoms. The molecular weight excluding hydrogens is 516 g/mol. The van der Waals surface area contributed by atoms with Crippen LogP contribution in [0.4, 0.5) is 0 Å². The van der Waals surface area contributed by atoms with Gasteiger partial charge in [-0.15, -0.1) is 11.8 Å². The predicted molar refractivity (Wildman–Crippen MR) is 166 cm³/mol. The Morgan fingerprint density at radius 3 is 1.57 bits per heavy atom. The van der Waals surface area contributed by atoms with Gasteiger partial charge in [-0.3, -0.25) is 0 Å². The first-order valence-electron chi connectivity index (χ1n) is 15.1. The highest BCUT2D eigenvalue weighted by Crippen LogP contribution is 2.48. The van der Waals surface area contributed by atoms with E-state index in [1.807, 2.05) is 0 Å². The third kappa shape index (κ3) is 8.67. The molecule has 1 saturated heterocycles. The highest BCUT2D eigenvalue weighted by atomic mass is 32.2. The summed E-state index contributed by atoms with van der Waals surface area (Å²) in [6.07, 6.45) is 10.1. The quantitative estimate of drug-likeness (QED) is 0.123. The summed E-state index contributed by atoms with van der Waals surface area (Å²) in [5.41, 5.74) is 4.02. The van der Waals surface area contributed by atoms with Crippen molar-refractivity contribution in [1.29, 1.82) is 0 Å². The summed E-state index contributed by atoms with van der Waals surface area (Å²) in [7, 11) is 0. The molecule has 3 aromatic carbocycles. The molecule has 0 saturated carbocycles. The summed E-state index contributed by atoms with van der Waals surface area (Å²) in [4.78, 5) is 0. The molecule has 3 atom stereocenters. The molecule has 0 aliphatic carbocycles. The number of rotatable bonds is 18. The molecule has 1 unspecified atom stereocenters. The van der Waals surface area contributed by atoms with E-state index < -0.39 is 12.2 Å². The molecule has 1 fully saturated rings. The minimum atomic E-state index is -0.618. The molecule has 4 nitrogen and oxygen atoms in total. The van der Waals surface area contributed by atoms with Crippen molar-refractivity contribution < 1.29 is 19.7 Å². The number of benzene rings is 3. The fourth-order valence-corrected chi connectivity index (χ4v) is 7.18. The monoisotopic (exact) mass is 562 g/mol. The molecule has 1 aliphatic rings. The summed E-state index contributed by atoms with van der Waals surface area (Å²) >= 11 is 2.07. The number of hydrogen-bond donors (Lipinski definition) is 2. The molecule has 5 heteroatoms. The lowest BCUT2D eigenvalue weighted by Gasteiger charge is -2.35. The molecule has 3 aromatic rings. The van der Waals surface area contributed by atoms with Crippen LogP contribution in [0, 0.1) is 0 Å². The van der Waals surface area contributed by atoms with E-state index in [9.17, 15) is 5.11 Å². The van der Waals surface area contributed by atoms with Crippen LogP contribution in [-0.2, 0) is 14.2 Å². The first kappa shape index (κ1) is 30.8. The lowest BCUT2D eigenvalue weighted by molar-refractivity contribution is -0.143. The first-order valence-corrected chi connectivity index (χ1v) is 16.1. The highest BCUT2D eigenvalue weighted by molar-refractivity contribution is 8.00. The Labute approximate surface area is 245 Å². The Balaban J connectivity index is 1.15. The Kier molecular flexibility index (Phi) is 13.1. The van der Waals surface area contributed by atoms with E-state index in [-0.39, 0.29) is 17.6 Å². The number of ether oxygens (including phenoxy) is 2. The van der Waals surface area contributed by atoms with Crippen LogP contribution in [0.15, 0.2) is 91.0 Å². The molecule has 216 valence electrons. The lowest BCUT2D eigenvalue weighted by atomic mass is 9.84. The molecule has 0 aromatic heterocycles. The topological polar surface area (TPSA) is 58.9 Å². The van der Waals surface area contributed by atoms with Crippen molar-refractivity contribution in [3.63, 3.8) is 0 Å². The second-order valence-electron chi connectivity index (χ2n) is 10.8. The predicted octanol–water partition coefficient (Wildman–Crippen LogP) is 7.71. The van der Waals surface area contributed by atoms with Gasteiger partial charge in [0.2, 0.25) is 0 Å². The summed E-state index contributed by atoms with van der Waals surface area (Å²) in [5, 5.41) is 18.9. The number of thioether (sulfide) groups is 1. The Morgan fingerprint density at radius 2 is 1.12 bits per heavy atom. The lowest BCUT2D eigenvalue weighted by Crippen LogP contribution is -2.26. The first-order chi connectivity index (χ1) is 19.7. The molecule has 1 aliphatic heterocycles. The van der Waals surface area contributed by atoms with Crippen LogP contribution in [0.1, 0.15) is 80.9 Å². The van der Waals surface area contributed by atoms with Crippen LogP contribution in [0.25, 0.3) is 0 Å². The smallest absolute Gasteiger partial charge is 0.160 e. The molecule has 0 bridgehead atoms. The number of unbranched alkanes of at least 4 members (excludes halogenated alkanes) is 8. The number of aliphatic hydroxyl groups excluding tert-OH is 2. The molecule has 1 heterocycles. The van der Waals surface area contributed by atoms with Crippen molar-refractivity contribution in [3.05, 3.63) is 108 Å². The molecule has 2 N–H and O–H groups in total. The van der Waals surface area contributed by atoms with Gasteiger partial charge in [-0.25, -0.2) is 0 Å². The zero-order valence-corrected chi connectivity index (χ0v) is 24.5. The highest BCUT2D eigenvalue weighted by Gasteiger charge is 2.36. The van der Waals surface area contributed by atoms with Gasteiger partial charge in [-0.05, 0) is 35.3 Å². The molecular formula is C35H46O4S. The van der Waals surface area contributed by atoms with Crippen LogP contribution in [0.5, 0.6) is 0 Å². The third-order valence-electron chi connectivity index (χ3n) is 7.82. The van der Waals surface area contributed by atoms with Gasteiger partial charge in [0.05, 0.1) is 17.5 Å². The fraction of sp³-hybridized carbons (Fsp3) is 0.486. The Bertz CT molecular complexity index is 966. The maximum absolute atomic E-state index is 9.76. The fourth-order valence-electron chi connectivity index (χ4n) is 5.61. The summed E-state index contributed by atoms with van der Waals surface area (Å²) in [6.45, 7) is 0.499. The van der Waals surface area contributed by atoms with E-state index >= 15 is 0 Å². The summed E-state index contributed by atoms with van der Waals surface area (Å²) < 4.78 is 11.0. The zero-order chi connectivity index (χ0) is 27.9. The summed E-state index contributed by atoms with van der Waals surface area (Å²) in [5.74, 6) is 1.12. The van der Waals surface area contributed by atoms with Crippen LogP contribution in [0.3, 0.4) is 0 Å². The number of aliphatic hydroxyl groups is 2. The van der Waals surface area contributed by atoms with Crippen LogP contribution >= 0.6 is 11.8 Å². The normalized spacial score (nSPS) is 19.2. The van der Waals surface area contributed by atoms with Crippen molar-refractivity contribution in [2.75, 3.05) is 19.0 Å². The second-order valence-corrected chi connectivity index (χ2v) is 12.1. The maximum atomic E-state index is 9.76. The van der Waals surface area contributed by atoms with Gasteiger partial charge in [0.15, 0.2) is 6.29 Å². The maximum Gasteiger partial charge on any atom is 0.160 e. The minimum Gasteiger partial charge on any atom is -0.394 e. The van der Waals surface area contributed by atoms with Crippen molar-refractivity contribution in [3.8, 4) is 0 Å². The van der Waals surface area contributed by atoms with E-state index in [4.69, 9.17) is 14.6 Å². The van der Waals surface area contributed by atoms with Crippen molar-refractivity contribution in [2.24, 2.45) is 0 Å². The van der Waals surface area contributed by atoms with Gasteiger partial charge >= 0.3 is 0 Å². The molecule has 40 heavy (non-hydrogen) atoms. The average molecular weight is 563 g/mol. The van der Waals surface area contributed by atoms with Crippen molar-refractivity contribution in [2.45, 2.75) is 87.5 Å². The second kappa shape index (κ2) is 17.0. The Hall–Kier alpha value is -2.15. The molecule has 4 rings (SSSR count). The van der Waals surface area contributed by atoms with Gasteiger partial charge in [-0.1, -0.05) is 136 Å². The van der Waals surface area contributed by atoms with Gasteiger partial charge in [0.1, 0.15) is 6.10 Å². The van der Waals surface area contributed by atoms with E-state index in [2.05, 4.69) is 103 Å². The van der Waals surface area contributed by atoms with E-state index in [1.165, 1.54) is 61.6 Å². The van der Waals surface area contributed by atoms with Crippen molar-refractivity contribution >= 4 is 11.8 Å². The van der Waals surface area contributed by atoms with E-state index in [0.29, 0.717) is 13.0 Å². The molecule has 0 amide bonds. The number of hydrogen-bond acceptors (Lipinski definition) is 5. The van der Waals surface area contributed by atoms with Crippen LogP contribution in [0.2, 0.25) is 0 Å². The zero-order valence-electron chi connectivity index (χ0n) is 23.7. The van der Waals surface area contributed by atoms with E-state index in [1.54, 1.807) is 0 Å². The van der Waals surface area contributed by atoms with Crippen molar-refractivity contribution in [1.82, 2.24) is 0 Å². The SMILES string of the molecule is OC[C@H]1OC(OCCCCCCCCCCCSC(c2ccccc2)(c2ccccc2)c2ccccc2)C[C@@H]1O.